The van der Waals surface area contributed by atoms with Gasteiger partial charge in [-0.3, -0.25) is 4.79 Å². The van der Waals surface area contributed by atoms with Crippen molar-refractivity contribution in [2.24, 2.45) is 0 Å². The van der Waals surface area contributed by atoms with Gasteiger partial charge in [-0.1, -0.05) is 29.3 Å². The number of fused-ring (bicyclic) bond motifs is 1. The molecule has 0 fully saturated rings. The number of hydrogen-bond donors (Lipinski definition) is 1. The van der Waals surface area contributed by atoms with Crippen LogP contribution < -0.4 is 10.1 Å². The maximum Gasteiger partial charge on any atom is 0.338 e. The SMILES string of the molecule is O=C1CSc2ccc(C(=O)OCCOc3c(Cl)cccc3Cl)cc2N1. The van der Waals surface area contributed by atoms with E-state index in [9.17, 15) is 9.59 Å². The quantitative estimate of drug-likeness (QED) is 0.602. The molecule has 0 radical (unpaired) electrons. The van der Waals surface area contributed by atoms with Gasteiger partial charge in [0.1, 0.15) is 13.2 Å². The van der Waals surface area contributed by atoms with Crippen molar-refractivity contribution >= 4 is 52.5 Å². The minimum absolute atomic E-state index is 0.0403. The number of carbonyl (C=O) groups is 2. The zero-order valence-electron chi connectivity index (χ0n) is 12.9. The van der Waals surface area contributed by atoms with E-state index in [4.69, 9.17) is 32.7 Å². The smallest absolute Gasteiger partial charge is 0.338 e. The highest BCUT2D eigenvalue weighted by Crippen LogP contribution is 2.33. The topological polar surface area (TPSA) is 64.6 Å². The van der Waals surface area contributed by atoms with Crippen molar-refractivity contribution < 1.29 is 19.1 Å². The van der Waals surface area contributed by atoms with Gasteiger partial charge in [0.15, 0.2) is 5.75 Å². The Kier molecular flexibility index (Phi) is 5.73. The first-order valence-electron chi connectivity index (χ1n) is 7.35. The van der Waals surface area contributed by atoms with Crippen molar-refractivity contribution in [3.63, 3.8) is 0 Å². The number of amides is 1. The number of anilines is 1. The Hall–Kier alpha value is -1.89. The first kappa shape index (κ1) is 17.9. The van der Waals surface area contributed by atoms with E-state index in [1.165, 1.54) is 11.8 Å². The predicted octanol–water partition coefficient (Wildman–Crippen LogP) is 4.27. The van der Waals surface area contributed by atoms with Crippen LogP contribution in [0.15, 0.2) is 41.3 Å². The van der Waals surface area contributed by atoms with E-state index in [-0.39, 0.29) is 19.1 Å². The average Bonchev–Trinajstić information content (AvgIpc) is 2.59. The standard InChI is InChI=1S/C17H13Cl2NO4S/c18-11-2-1-3-12(19)16(11)23-6-7-24-17(22)10-4-5-14-13(8-10)20-15(21)9-25-14/h1-5,8H,6-7,9H2,(H,20,21). The minimum atomic E-state index is -0.499. The first-order chi connectivity index (χ1) is 12.0. The van der Waals surface area contributed by atoms with Gasteiger partial charge in [-0.15, -0.1) is 11.8 Å². The lowest BCUT2D eigenvalue weighted by atomic mass is 10.2. The highest BCUT2D eigenvalue weighted by Gasteiger charge is 2.18. The van der Waals surface area contributed by atoms with Gasteiger partial charge in [-0.05, 0) is 30.3 Å². The van der Waals surface area contributed by atoms with Crippen molar-refractivity contribution in [1.29, 1.82) is 0 Å². The molecule has 0 aromatic heterocycles. The lowest BCUT2D eigenvalue weighted by molar-refractivity contribution is -0.113. The van der Waals surface area contributed by atoms with Gasteiger partial charge < -0.3 is 14.8 Å². The summed E-state index contributed by atoms with van der Waals surface area (Å²) in [6.45, 7) is 0.158. The Labute approximate surface area is 158 Å². The molecule has 0 atom stereocenters. The van der Waals surface area contributed by atoms with Crippen LogP contribution in [0.25, 0.3) is 0 Å². The Bertz CT molecular complexity index is 808. The third-order valence-electron chi connectivity index (χ3n) is 3.33. The maximum absolute atomic E-state index is 12.1. The molecule has 0 aliphatic carbocycles. The van der Waals surface area contributed by atoms with E-state index in [0.29, 0.717) is 32.8 Å². The normalized spacial score (nSPS) is 13.0. The molecule has 5 nitrogen and oxygen atoms in total. The molecule has 0 saturated carbocycles. The van der Waals surface area contributed by atoms with Gasteiger partial charge in [0, 0.05) is 4.90 Å². The van der Waals surface area contributed by atoms with Gasteiger partial charge >= 0.3 is 5.97 Å². The Morgan fingerprint density at radius 1 is 1.16 bits per heavy atom. The molecule has 1 N–H and O–H groups in total. The second kappa shape index (κ2) is 7.99. The summed E-state index contributed by atoms with van der Waals surface area (Å²) in [5, 5.41) is 3.52. The predicted molar refractivity (Wildman–Crippen MR) is 98.0 cm³/mol. The Morgan fingerprint density at radius 3 is 2.68 bits per heavy atom. The van der Waals surface area contributed by atoms with Crippen LogP contribution in [0.4, 0.5) is 5.69 Å². The molecule has 0 unspecified atom stereocenters. The molecule has 1 amide bonds. The van der Waals surface area contributed by atoms with Crippen molar-refractivity contribution in [2.75, 3.05) is 24.3 Å². The van der Waals surface area contributed by atoms with E-state index in [0.717, 1.165) is 4.90 Å². The molecule has 2 aromatic carbocycles. The van der Waals surface area contributed by atoms with E-state index < -0.39 is 5.97 Å². The number of para-hydroxylation sites is 1. The molecular formula is C17H13Cl2NO4S. The number of halogens is 2. The summed E-state index contributed by atoms with van der Waals surface area (Å²) in [6.07, 6.45) is 0. The monoisotopic (exact) mass is 397 g/mol. The number of benzene rings is 2. The first-order valence-corrected chi connectivity index (χ1v) is 9.09. The van der Waals surface area contributed by atoms with Gasteiger partial charge in [-0.25, -0.2) is 4.79 Å². The van der Waals surface area contributed by atoms with E-state index >= 15 is 0 Å². The third kappa shape index (κ3) is 4.39. The molecule has 2 aromatic rings. The largest absolute Gasteiger partial charge is 0.487 e. The van der Waals surface area contributed by atoms with Gasteiger partial charge in [0.2, 0.25) is 5.91 Å². The van der Waals surface area contributed by atoms with Crippen LogP contribution in [-0.4, -0.2) is 30.8 Å². The van der Waals surface area contributed by atoms with Crippen molar-refractivity contribution in [2.45, 2.75) is 4.90 Å². The van der Waals surface area contributed by atoms with Gasteiger partial charge in [0.05, 0.1) is 27.0 Å². The molecule has 1 heterocycles. The van der Waals surface area contributed by atoms with E-state index in [2.05, 4.69) is 5.32 Å². The third-order valence-corrected chi connectivity index (χ3v) is 5.00. The number of rotatable bonds is 5. The van der Waals surface area contributed by atoms with Crippen LogP contribution in [0.1, 0.15) is 10.4 Å². The number of thioether (sulfide) groups is 1. The fraction of sp³-hybridized carbons (Fsp3) is 0.176. The summed E-state index contributed by atoms with van der Waals surface area (Å²) in [5.41, 5.74) is 0.979. The van der Waals surface area contributed by atoms with Crippen molar-refractivity contribution in [1.82, 2.24) is 0 Å². The van der Waals surface area contributed by atoms with Crippen LogP contribution in [0, 0.1) is 0 Å². The number of esters is 1. The van der Waals surface area contributed by atoms with Gasteiger partial charge in [-0.2, -0.15) is 0 Å². The lowest BCUT2D eigenvalue weighted by Gasteiger charge is -2.16. The highest BCUT2D eigenvalue weighted by atomic mass is 35.5. The molecule has 3 rings (SSSR count). The summed E-state index contributed by atoms with van der Waals surface area (Å²) in [7, 11) is 0. The number of hydrogen-bond acceptors (Lipinski definition) is 5. The molecule has 1 aliphatic rings. The van der Waals surface area contributed by atoms with Crippen molar-refractivity contribution in [3.8, 4) is 5.75 Å². The van der Waals surface area contributed by atoms with Crippen molar-refractivity contribution in [3.05, 3.63) is 52.0 Å². The number of ether oxygens (including phenoxy) is 2. The molecule has 0 bridgehead atoms. The lowest BCUT2D eigenvalue weighted by Crippen LogP contribution is -2.19. The Morgan fingerprint density at radius 2 is 1.92 bits per heavy atom. The van der Waals surface area contributed by atoms with Crippen LogP contribution in [-0.2, 0) is 9.53 Å². The van der Waals surface area contributed by atoms with E-state index in [1.807, 2.05) is 0 Å². The van der Waals surface area contributed by atoms with E-state index in [1.54, 1.807) is 36.4 Å². The maximum atomic E-state index is 12.1. The molecule has 1 aliphatic heterocycles. The second-order valence-corrected chi connectivity index (χ2v) is 6.91. The van der Waals surface area contributed by atoms with Crippen LogP contribution >= 0.6 is 35.0 Å². The van der Waals surface area contributed by atoms with Crippen LogP contribution in [0.5, 0.6) is 5.75 Å². The fourth-order valence-corrected chi connectivity index (χ4v) is 3.49. The summed E-state index contributed by atoms with van der Waals surface area (Å²) in [6, 6.07) is 10.1. The zero-order valence-corrected chi connectivity index (χ0v) is 15.2. The Balaban J connectivity index is 1.55. The second-order valence-electron chi connectivity index (χ2n) is 5.08. The molecule has 8 heteroatoms. The summed E-state index contributed by atoms with van der Waals surface area (Å²) >= 11 is 13.4. The summed E-state index contributed by atoms with van der Waals surface area (Å²) in [5.74, 6) is 0.142. The van der Waals surface area contributed by atoms with Gasteiger partial charge in [0.25, 0.3) is 0 Å². The minimum Gasteiger partial charge on any atom is -0.487 e. The molecular weight excluding hydrogens is 385 g/mol. The molecule has 0 spiro atoms. The zero-order chi connectivity index (χ0) is 17.8. The number of nitrogens with one attached hydrogen (secondary N) is 1. The summed E-state index contributed by atoms with van der Waals surface area (Å²) < 4.78 is 10.6. The number of carbonyl (C=O) groups excluding carboxylic acids is 2. The molecule has 130 valence electrons. The summed E-state index contributed by atoms with van der Waals surface area (Å²) in [4.78, 5) is 24.5. The molecule has 0 saturated heterocycles. The van der Waals surface area contributed by atoms with Crippen LogP contribution in [0.3, 0.4) is 0 Å². The average molecular weight is 398 g/mol. The fourth-order valence-electron chi connectivity index (χ4n) is 2.19. The highest BCUT2D eigenvalue weighted by molar-refractivity contribution is 8.00. The van der Waals surface area contributed by atoms with Crippen LogP contribution in [0.2, 0.25) is 10.0 Å². The molecule has 25 heavy (non-hydrogen) atoms.